The van der Waals surface area contributed by atoms with Crippen LogP contribution in [0.2, 0.25) is 0 Å². The van der Waals surface area contributed by atoms with Crippen LogP contribution in [0.15, 0.2) is 176 Å². The summed E-state index contributed by atoms with van der Waals surface area (Å²) in [6.07, 6.45) is 0. The van der Waals surface area contributed by atoms with Crippen molar-refractivity contribution in [2.75, 3.05) is 4.90 Å². The number of hydrogen-bond acceptors (Lipinski definition) is 2. The fourth-order valence-electron chi connectivity index (χ4n) is 6.96. The topological polar surface area (TPSA) is 3.24 Å². The highest BCUT2D eigenvalue weighted by Gasteiger charge is 2.23. The lowest BCUT2D eigenvalue weighted by Gasteiger charge is -2.29. The third-order valence-electron chi connectivity index (χ3n) is 9.05. The second kappa shape index (κ2) is 11.0. The lowest BCUT2D eigenvalue weighted by Crippen LogP contribution is -2.11. The zero-order valence-electron chi connectivity index (χ0n) is 25.1. The Bertz CT molecular complexity index is 2520. The molecule has 1 aromatic heterocycles. The second-order valence-corrected chi connectivity index (χ2v) is 12.7. The first-order valence-electron chi connectivity index (χ1n) is 15.7. The molecular formula is C44H29NS. The zero-order valence-corrected chi connectivity index (χ0v) is 25.9. The van der Waals surface area contributed by atoms with Gasteiger partial charge in [-0.3, -0.25) is 0 Å². The van der Waals surface area contributed by atoms with E-state index < -0.39 is 0 Å². The Kier molecular flexibility index (Phi) is 6.40. The molecule has 1 nitrogen and oxygen atoms in total. The smallest absolute Gasteiger partial charge is 0.0640 e. The quantitative estimate of drug-likeness (QED) is 0.189. The number of rotatable bonds is 5. The number of benzene rings is 8. The molecule has 0 bridgehead atoms. The van der Waals surface area contributed by atoms with Crippen molar-refractivity contribution >= 4 is 70.1 Å². The molecule has 1 heterocycles. The minimum absolute atomic E-state index is 1.16. The lowest BCUT2D eigenvalue weighted by atomic mass is 9.95. The summed E-state index contributed by atoms with van der Waals surface area (Å²) in [6, 6.07) is 63.8. The van der Waals surface area contributed by atoms with Crippen LogP contribution in [-0.4, -0.2) is 0 Å². The van der Waals surface area contributed by atoms with Crippen LogP contribution >= 0.6 is 11.3 Å². The molecule has 0 fully saturated rings. The first kappa shape index (κ1) is 26.7. The van der Waals surface area contributed by atoms with Gasteiger partial charge in [0.2, 0.25) is 0 Å². The molecule has 216 valence electrons. The fraction of sp³-hybridized carbons (Fsp3) is 0. The molecular weight excluding hydrogens is 575 g/mol. The molecule has 2 heteroatoms. The summed E-state index contributed by atoms with van der Waals surface area (Å²) in [7, 11) is 0. The largest absolute Gasteiger partial charge is 0.308 e. The van der Waals surface area contributed by atoms with Crippen molar-refractivity contribution < 1.29 is 0 Å². The zero-order chi connectivity index (χ0) is 30.5. The molecule has 0 saturated heterocycles. The molecule has 0 N–H and O–H groups in total. The molecule has 0 amide bonds. The molecule has 9 aromatic rings. The normalized spacial score (nSPS) is 11.5. The third-order valence-corrected chi connectivity index (χ3v) is 10.3. The molecule has 0 aliphatic heterocycles. The maximum Gasteiger partial charge on any atom is 0.0640 e. The SMILES string of the molecule is c1ccc(-c2ccccc2N(c2cccc3ccccc23)c2cccc3c2sc2c4ccccc4c(-c4ccccc4)cc32)cc1. The van der Waals surface area contributed by atoms with Gasteiger partial charge in [0.05, 0.1) is 21.8 Å². The van der Waals surface area contributed by atoms with Gasteiger partial charge in [-0.25, -0.2) is 0 Å². The van der Waals surface area contributed by atoms with Gasteiger partial charge in [0.25, 0.3) is 0 Å². The van der Waals surface area contributed by atoms with Gasteiger partial charge in [-0.15, -0.1) is 11.3 Å². The van der Waals surface area contributed by atoms with Crippen molar-refractivity contribution in [3.63, 3.8) is 0 Å². The first-order valence-corrected chi connectivity index (χ1v) is 16.5. The summed E-state index contributed by atoms with van der Waals surface area (Å²) in [6.45, 7) is 0. The molecule has 46 heavy (non-hydrogen) atoms. The van der Waals surface area contributed by atoms with E-state index in [-0.39, 0.29) is 0 Å². The van der Waals surface area contributed by atoms with Crippen LogP contribution < -0.4 is 4.90 Å². The van der Waals surface area contributed by atoms with Gasteiger partial charge in [0.15, 0.2) is 0 Å². The van der Waals surface area contributed by atoms with Crippen LogP contribution in [0.25, 0.3) is 64.0 Å². The van der Waals surface area contributed by atoms with Gasteiger partial charge in [-0.1, -0.05) is 152 Å². The van der Waals surface area contributed by atoms with E-state index in [0.717, 1.165) is 5.69 Å². The first-order chi connectivity index (χ1) is 22.8. The molecule has 0 spiro atoms. The van der Waals surface area contributed by atoms with Crippen molar-refractivity contribution in [1.29, 1.82) is 0 Å². The van der Waals surface area contributed by atoms with Crippen molar-refractivity contribution in [3.05, 3.63) is 176 Å². The van der Waals surface area contributed by atoms with E-state index in [9.17, 15) is 0 Å². The summed E-state index contributed by atoms with van der Waals surface area (Å²) >= 11 is 1.90. The average Bonchev–Trinajstić information content (AvgIpc) is 3.52. The Morgan fingerprint density at radius 1 is 0.326 bits per heavy atom. The monoisotopic (exact) mass is 603 g/mol. The maximum atomic E-state index is 2.49. The van der Waals surface area contributed by atoms with Crippen LogP contribution in [0.5, 0.6) is 0 Å². The van der Waals surface area contributed by atoms with E-state index in [4.69, 9.17) is 0 Å². The van der Waals surface area contributed by atoms with Gasteiger partial charge in [-0.05, 0) is 51.7 Å². The van der Waals surface area contributed by atoms with E-state index in [2.05, 4.69) is 181 Å². The summed E-state index contributed by atoms with van der Waals surface area (Å²) < 4.78 is 2.61. The summed E-state index contributed by atoms with van der Waals surface area (Å²) in [5, 5.41) is 7.62. The molecule has 9 rings (SSSR count). The van der Waals surface area contributed by atoms with E-state index in [1.54, 1.807) is 0 Å². The van der Waals surface area contributed by atoms with Crippen molar-refractivity contribution in [2.45, 2.75) is 0 Å². The number of fused-ring (bicyclic) bond motifs is 6. The highest BCUT2D eigenvalue weighted by molar-refractivity contribution is 7.27. The number of para-hydroxylation sites is 1. The minimum atomic E-state index is 1.16. The van der Waals surface area contributed by atoms with Crippen molar-refractivity contribution in [1.82, 2.24) is 0 Å². The predicted molar refractivity (Wildman–Crippen MR) is 200 cm³/mol. The Balaban J connectivity index is 1.38. The van der Waals surface area contributed by atoms with E-state index >= 15 is 0 Å². The number of anilines is 3. The maximum absolute atomic E-state index is 2.49. The summed E-state index contributed by atoms with van der Waals surface area (Å²) in [4.78, 5) is 2.49. The van der Waals surface area contributed by atoms with Crippen LogP contribution in [0.1, 0.15) is 0 Å². The van der Waals surface area contributed by atoms with Gasteiger partial charge in [-0.2, -0.15) is 0 Å². The fourth-order valence-corrected chi connectivity index (χ4v) is 8.28. The Hall–Kier alpha value is -5.70. The Morgan fingerprint density at radius 2 is 0.848 bits per heavy atom. The lowest BCUT2D eigenvalue weighted by molar-refractivity contribution is 1.32. The van der Waals surface area contributed by atoms with Crippen molar-refractivity contribution in [3.8, 4) is 22.3 Å². The van der Waals surface area contributed by atoms with Crippen LogP contribution in [0.4, 0.5) is 17.1 Å². The van der Waals surface area contributed by atoms with E-state index in [1.165, 1.54) is 75.3 Å². The molecule has 0 aliphatic rings. The van der Waals surface area contributed by atoms with Crippen LogP contribution in [0, 0.1) is 0 Å². The average molecular weight is 604 g/mol. The number of hydrogen-bond donors (Lipinski definition) is 0. The molecule has 0 unspecified atom stereocenters. The standard InChI is InChI=1S/C44H29NS/c1-3-15-30(16-4-1)33-22-11-12-26-40(33)45(41-27-13-20-31-19-7-8-21-34(31)41)42-28-14-25-37-39-29-38(32-17-5-2-6-18-32)35-23-9-10-24-36(35)43(39)46-44(37)42/h1-29H. The van der Waals surface area contributed by atoms with Gasteiger partial charge >= 0.3 is 0 Å². The summed E-state index contributed by atoms with van der Waals surface area (Å²) in [5.41, 5.74) is 8.42. The number of nitrogens with zero attached hydrogens (tertiary/aromatic N) is 1. The Labute approximate surface area is 272 Å². The highest BCUT2D eigenvalue weighted by atomic mass is 32.1. The molecule has 0 saturated carbocycles. The summed E-state index contributed by atoms with van der Waals surface area (Å²) in [5.74, 6) is 0. The van der Waals surface area contributed by atoms with Gasteiger partial charge in [0.1, 0.15) is 0 Å². The Morgan fingerprint density at radius 3 is 1.65 bits per heavy atom. The highest BCUT2D eigenvalue weighted by Crippen LogP contribution is 2.50. The van der Waals surface area contributed by atoms with Crippen LogP contribution in [-0.2, 0) is 0 Å². The predicted octanol–water partition coefficient (Wildman–Crippen LogP) is 13.2. The molecule has 0 aliphatic carbocycles. The molecule has 0 radical (unpaired) electrons. The second-order valence-electron chi connectivity index (χ2n) is 11.7. The van der Waals surface area contributed by atoms with E-state index in [1.807, 2.05) is 11.3 Å². The molecule has 8 aromatic carbocycles. The van der Waals surface area contributed by atoms with Gasteiger partial charge in [0, 0.05) is 31.8 Å². The molecule has 0 atom stereocenters. The van der Waals surface area contributed by atoms with Gasteiger partial charge < -0.3 is 4.90 Å². The van der Waals surface area contributed by atoms with Crippen LogP contribution in [0.3, 0.4) is 0 Å². The van der Waals surface area contributed by atoms with E-state index in [0.29, 0.717) is 0 Å². The third kappa shape index (κ3) is 4.30. The minimum Gasteiger partial charge on any atom is -0.308 e. The number of thiophene rings is 1. The van der Waals surface area contributed by atoms with Crippen molar-refractivity contribution in [2.24, 2.45) is 0 Å².